The van der Waals surface area contributed by atoms with Crippen LogP contribution in [-0.4, -0.2) is 4.98 Å². The first-order valence-electron chi connectivity index (χ1n) is 7.88. The second-order valence-corrected chi connectivity index (χ2v) is 5.54. The van der Waals surface area contributed by atoms with E-state index in [1.807, 2.05) is 54.6 Å². The minimum absolute atomic E-state index is 0.483. The zero-order valence-corrected chi connectivity index (χ0v) is 13.6. The van der Waals surface area contributed by atoms with E-state index in [0.29, 0.717) is 24.6 Å². The molecule has 0 bridgehead atoms. The van der Waals surface area contributed by atoms with Crippen LogP contribution < -0.4 is 11.3 Å². The number of nitrogens with zero attached hydrogens (tertiary/aromatic N) is 2. The molecule has 0 aliphatic carbocycles. The Kier molecular flexibility index (Phi) is 5.37. The van der Waals surface area contributed by atoms with Crippen molar-refractivity contribution in [2.24, 2.45) is 5.84 Å². The molecule has 5 nitrogen and oxygen atoms in total. The van der Waals surface area contributed by atoms with Crippen LogP contribution >= 0.6 is 0 Å². The Bertz CT molecular complexity index is 867. The van der Waals surface area contributed by atoms with Gasteiger partial charge in [0.15, 0.2) is 0 Å². The fourth-order valence-corrected chi connectivity index (χ4v) is 2.49. The van der Waals surface area contributed by atoms with Crippen molar-refractivity contribution in [2.75, 3.05) is 5.43 Å². The van der Waals surface area contributed by atoms with E-state index in [-0.39, 0.29) is 0 Å². The first-order valence-corrected chi connectivity index (χ1v) is 7.88. The van der Waals surface area contributed by atoms with Crippen molar-refractivity contribution in [1.82, 2.24) is 4.98 Å². The van der Waals surface area contributed by atoms with Gasteiger partial charge in [0, 0.05) is 6.20 Å². The van der Waals surface area contributed by atoms with Crippen molar-refractivity contribution in [3.63, 3.8) is 0 Å². The van der Waals surface area contributed by atoms with Gasteiger partial charge in [0.1, 0.15) is 5.82 Å². The van der Waals surface area contributed by atoms with E-state index >= 15 is 0 Å². The molecule has 0 aliphatic rings. The van der Waals surface area contributed by atoms with Crippen molar-refractivity contribution in [3.8, 4) is 17.2 Å². The molecular formula is C20H18N4O. The number of hydrazine groups is 1. The Morgan fingerprint density at radius 1 is 0.960 bits per heavy atom. The molecule has 3 aromatic rings. The second-order valence-electron chi connectivity index (χ2n) is 5.54. The van der Waals surface area contributed by atoms with Gasteiger partial charge in [0.05, 0.1) is 24.8 Å². The van der Waals surface area contributed by atoms with E-state index in [9.17, 15) is 5.26 Å². The smallest absolute Gasteiger partial charge is 0.139 e. The van der Waals surface area contributed by atoms with Crippen LogP contribution in [0.5, 0.6) is 0 Å². The Hall–Kier alpha value is -3.20. The number of ether oxygens (including phenoxy) is 1. The first kappa shape index (κ1) is 16.7. The highest BCUT2D eigenvalue weighted by molar-refractivity contribution is 5.70. The summed E-state index contributed by atoms with van der Waals surface area (Å²) >= 11 is 0. The fraction of sp³-hybridized carbons (Fsp3) is 0.100. The SMILES string of the molecule is N#Cc1ccccc1-c1ccc(COCc2ccc(NN)nc2)cc1. The molecule has 0 saturated carbocycles. The van der Waals surface area contributed by atoms with Crippen molar-refractivity contribution in [3.05, 3.63) is 83.6 Å². The second kappa shape index (κ2) is 8.06. The van der Waals surface area contributed by atoms with E-state index in [0.717, 1.165) is 22.3 Å². The van der Waals surface area contributed by atoms with Gasteiger partial charge in [-0.15, -0.1) is 0 Å². The molecule has 124 valence electrons. The largest absolute Gasteiger partial charge is 0.372 e. The van der Waals surface area contributed by atoms with Crippen molar-refractivity contribution >= 4 is 5.82 Å². The van der Waals surface area contributed by atoms with Gasteiger partial charge in [0.2, 0.25) is 0 Å². The number of nitrogens with two attached hydrogens (primary N) is 1. The lowest BCUT2D eigenvalue weighted by Gasteiger charge is -2.07. The van der Waals surface area contributed by atoms with E-state index in [4.69, 9.17) is 10.6 Å². The third kappa shape index (κ3) is 4.21. The van der Waals surface area contributed by atoms with Gasteiger partial charge in [-0.25, -0.2) is 10.8 Å². The molecule has 25 heavy (non-hydrogen) atoms. The number of nitrogen functional groups attached to an aromatic ring is 1. The Balaban J connectivity index is 1.60. The Morgan fingerprint density at radius 3 is 2.36 bits per heavy atom. The monoisotopic (exact) mass is 330 g/mol. The van der Waals surface area contributed by atoms with Gasteiger partial charge in [-0.1, -0.05) is 48.5 Å². The lowest BCUT2D eigenvalue weighted by molar-refractivity contribution is 0.107. The average molecular weight is 330 g/mol. The minimum atomic E-state index is 0.483. The summed E-state index contributed by atoms with van der Waals surface area (Å²) in [7, 11) is 0. The predicted molar refractivity (Wildman–Crippen MR) is 97.1 cm³/mol. The van der Waals surface area contributed by atoms with Crippen LogP contribution in [0.1, 0.15) is 16.7 Å². The standard InChI is InChI=1S/C20H18N4O/c21-11-18-3-1-2-4-19(18)17-8-5-15(6-9-17)13-25-14-16-7-10-20(24-22)23-12-16/h1-10,12H,13-14,22H2,(H,23,24). The molecule has 1 aromatic heterocycles. The molecule has 1 heterocycles. The molecule has 0 aliphatic heterocycles. The molecule has 0 spiro atoms. The maximum Gasteiger partial charge on any atom is 0.139 e. The lowest BCUT2D eigenvalue weighted by atomic mass is 9.99. The maximum atomic E-state index is 9.21. The summed E-state index contributed by atoms with van der Waals surface area (Å²) in [5, 5.41) is 9.21. The summed E-state index contributed by atoms with van der Waals surface area (Å²) in [5.74, 6) is 5.91. The number of hydrogen-bond donors (Lipinski definition) is 2. The van der Waals surface area contributed by atoms with Crippen LogP contribution in [0.3, 0.4) is 0 Å². The molecule has 0 fully saturated rings. The molecule has 0 amide bonds. The Labute approximate surface area is 146 Å². The summed E-state index contributed by atoms with van der Waals surface area (Å²) in [6.45, 7) is 0.994. The molecule has 0 atom stereocenters. The van der Waals surface area contributed by atoms with Crippen LogP contribution in [0.15, 0.2) is 66.9 Å². The van der Waals surface area contributed by atoms with Crippen molar-refractivity contribution < 1.29 is 4.74 Å². The molecular weight excluding hydrogens is 312 g/mol. The molecule has 3 rings (SSSR count). The number of nitrogens with one attached hydrogen (secondary N) is 1. The lowest BCUT2D eigenvalue weighted by Crippen LogP contribution is -2.08. The summed E-state index contributed by atoms with van der Waals surface area (Å²) in [5.41, 5.74) is 7.19. The van der Waals surface area contributed by atoms with Gasteiger partial charge in [-0.05, 0) is 34.4 Å². The highest BCUT2D eigenvalue weighted by Gasteiger charge is 2.04. The van der Waals surface area contributed by atoms with Gasteiger partial charge >= 0.3 is 0 Å². The summed E-state index contributed by atoms with van der Waals surface area (Å²) in [6.07, 6.45) is 1.73. The van der Waals surface area contributed by atoms with Crippen LogP contribution in [0, 0.1) is 11.3 Å². The number of aromatic nitrogens is 1. The third-order valence-electron chi connectivity index (χ3n) is 3.82. The number of anilines is 1. The number of nitriles is 1. The van der Waals surface area contributed by atoms with Crippen LogP contribution in [0.2, 0.25) is 0 Å². The fourth-order valence-electron chi connectivity index (χ4n) is 2.49. The van der Waals surface area contributed by atoms with E-state index < -0.39 is 0 Å². The normalized spacial score (nSPS) is 10.2. The summed E-state index contributed by atoms with van der Waals surface area (Å²) in [6, 6.07) is 21.6. The molecule has 5 heteroatoms. The predicted octanol–water partition coefficient (Wildman–Crippen LogP) is 3.62. The highest BCUT2D eigenvalue weighted by atomic mass is 16.5. The quantitative estimate of drug-likeness (QED) is 0.533. The summed E-state index contributed by atoms with van der Waals surface area (Å²) in [4.78, 5) is 4.14. The number of rotatable bonds is 6. The third-order valence-corrected chi connectivity index (χ3v) is 3.82. The molecule has 0 saturated heterocycles. The van der Waals surface area contributed by atoms with Crippen molar-refractivity contribution in [1.29, 1.82) is 5.26 Å². The van der Waals surface area contributed by atoms with Crippen LogP contribution in [0.4, 0.5) is 5.82 Å². The van der Waals surface area contributed by atoms with Gasteiger partial charge in [-0.3, -0.25) is 0 Å². The van der Waals surface area contributed by atoms with Gasteiger partial charge in [-0.2, -0.15) is 5.26 Å². The van der Waals surface area contributed by atoms with Gasteiger partial charge < -0.3 is 10.2 Å². The zero-order valence-electron chi connectivity index (χ0n) is 13.6. The van der Waals surface area contributed by atoms with Crippen LogP contribution in [-0.2, 0) is 18.0 Å². The molecule has 0 radical (unpaired) electrons. The Morgan fingerprint density at radius 2 is 1.68 bits per heavy atom. The first-order chi connectivity index (χ1) is 12.3. The molecule has 0 unspecified atom stereocenters. The topological polar surface area (TPSA) is 84.0 Å². The van der Waals surface area contributed by atoms with E-state index in [1.54, 1.807) is 12.3 Å². The number of benzene rings is 2. The van der Waals surface area contributed by atoms with Gasteiger partial charge in [0.25, 0.3) is 0 Å². The van der Waals surface area contributed by atoms with E-state index in [1.165, 1.54) is 0 Å². The van der Waals surface area contributed by atoms with E-state index in [2.05, 4.69) is 16.5 Å². The number of hydrogen-bond acceptors (Lipinski definition) is 5. The van der Waals surface area contributed by atoms with Crippen LogP contribution in [0.25, 0.3) is 11.1 Å². The molecule has 2 aromatic carbocycles. The zero-order chi connectivity index (χ0) is 17.5. The summed E-state index contributed by atoms with van der Waals surface area (Å²) < 4.78 is 5.73. The molecule has 3 N–H and O–H groups in total. The number of pyridine rings is 1. The maximum absolute atomic E-state index is 9.21. The minimum Gasteiger partial charge on any atom is -0.372 e. The average Bonchev–Trinajstić information content (AvgIpc) is 2.69. The highest BCUT2D eigenvalue weighted by Crippen LogP contribution is 2.23. The van der Waals surface area contributed by atoms with Crippen molar-refractivity contribution in [2.45, 2.75) is 13.2 Å².